The SMILES string of the molecule is Cc1nnnn1C(Cc1ccc(F)cc1)C(=O)N1CCC(N)CC1. The molecule has 0 radical (unpaired) electrons. The normalized spacial score (nSPS) is 17.0. The Hall–Kier alpha value is -2.35. The zero-order valence-corrected chi connectivity index (χ0v) is 13.6. The first kappa shape index (κ1) is 16.5. The van der Waals surface area contributed by atoms with Crippen LogP contribution in [0.3, 0.4) is 0 Å². The van der Waals surface area contributed by atoms with Gasteiger partial charge in [0, 0.05) is 25.6 Å². The predicted molar refractivity (Wildman–Crippen MR) is 85.5 cm³/mol. The summed E-state index contributed by atoms with van der Waals surface area (Å²) in [5.41, 5.74) is 6.78. The molecular weight excluding hydrogens is 311 g/mol. The summed E-state index contributed by atoms with van der Waals surface area (Å²) in [6, 6.07) is 5.76. The van der Waals surface area contributed by atoms with Gasteiger partial charge in [-0.05, 0) is 47.9 Å². The van der Waals surface area contributed by atoms with Gasteiger partial charge in [-0.2, -0.15) is 0 Å². The van der Waals surface area contributed by atoms with Crippen LogP contribution in [0.2, 0.25) is 0 Å². The number of tetrazole rings is 1. The Morgan fingerprint density at radius 3 is 2.58 bits per heavy atom. The molecule has 0 spiro atoms. The molecule has 1 aromatic carbocycles. The number of nitrogens with two attached hydrogens (primary N) is 1. The summed E-state index contributed by atoms with van der Waals surface area (Å²) >= 11 is 0. The molecule has 1 aliphatic rings. The molecule has 128 valence electrons. The Morgan fingerprint density at radius 1 is 1.33 bits per heavy atom. The van der Waals surface area contributed by atoms with Gasteiger partial charge in [0.05, 0.1) is 0 Å². The minimum Gasteiger partial charge on any atom is -0.341 e. The fourth-order valence-electron chi connectivity index (χ4n) is 2.98. The number of aromatic nitrogens is 4. The first-order valence-electron chi connectivity index (χ1n) is 8.08. The molecule has 2 aromatic rings. The summed E-state index contributed by atoms with van der Waals surface area (Å²) in [6.07, 6.45) is 2.00. The third-order valence-electron chi connectivity index (χ3n) is 4.43. The molecule has 3 rings (SSSR count). The van der Waals surface area contributed by atoms with E-state index >= 15 is 0 Å². The highest BCUT2D eigenvalue weighted by molar-refractivity contribution is 5.80. The summed E-state index contributed by atoms with van der Waals surface area (Å²) in [5, 5.41) is 11.5. The molecule has 7 nitrogen and oxygen atoms in total. The summed E-state index contributed by atoms with van der Waals surface area (Å²) in [4.78, 5) is 14.8. The van der Waals surface area contributed by atoms with Crippen molar-refractivity contribution in [3.63, 3.8) is 0 Å². The third-order valence-corrected chi connectivity index (χ3v) is 4.43. The average molecular weight is 332 g/mol. The fraction of sp³-hybridized carbons (Fsp3) is 0.500. The van der Waals surface area contributed by atoms with Crippen molar-refractivity contribution in [2.75, 3.05) is 13.1 Å². The molecule has 1 fully saturated rings. The van der Waals surface area contributed by atoms with Crippen molar-refractivity contribution in [2.45, 2.75) is 38.3 Å². The molecule has 0 aliphatic carbocycles. The van der Waals surface area contributed by atoms with Crippen molar-refractivity contribution in [3.8, 4) is 0 Å². The lowest BCUT2D eigenvalue weighted by molar-refractivity contribution is -0.136. The van der Waals surface area contributed by atoms with E-state index in [9.17, 15) is 9.18 Å². The Bertz CT molecular complexity index is 693. The van der Waals surface area contributed by atoms with Gasteiger partial charge in [-0.1, -0.05) is 12.1 Å². The van der Waals surface area contributed by atoms with Crippen molar-refractivity contribution < 1.29 is 9.18 Å². The van der Waals surface area contributed by atoms with E-state index in [0.29, 0.717) is 25.3 Å². The maximum atomic E-state index is 13.1. The molecule has 1 amide bonds. The van der Waals surface area contributed by atoms with E-state index in [0.717, 1.165) is 18.4 Å². The molecule has 0 bridgehead atoms. The topological polar surface area (TPSA) is 89.9 Å². The van der Waals surface area contributed by atoms with E-state index in [2.05, 4.69) is 15.5 Å². The Morgan fingerprint density at radius 2 is 2.00 bits per heavy atom. The van der Waals surface area contributed by atoms with E-state index in [-0.39, 0.29) is 17.8 Å². The Kier molecular flexibility index (Phi) is 4.84. The molecule has 0 saturated carbocycles. The Balaban J connectivity index is 1.83. The number of aryl methyl sites for hydroxylation is 1. The number of carbonyl (C=O) groups is 1. The van der Waals surface area contributed by atoms with Crippen LogP contribution in [0, 0.1) is 12.7 Å². The maximum absolute atomic E-state index is 13.1. The highest BCUT2D eigenvalue weighted by atomic mass is 19.1. The van der Waals surface area contributed by atoms with Crippen LogP contribution in [-0.4, -0.2) is 50.1 Å². The second-order valence-electron chi connectivity index (χ2n) is 6.18. The lowest BCUT2D eigenvalue weighted by atomic mass is 10.0. The lowest BCUT2D eigenvalue weighted by Gasteiger charge is -2.33. The van der Waals surface area contributed by atoms with Gasteiger partial charge in [-0.3, -0.25) is 4.79 Å². The monoisotopic (exact) mass is 332 g/mol. The molecule has 8 heteroatoms. The van der Waals surface area contributed by atoms with Gasteiger partial charge in [0.15, 0.2) is 0 Å². The summed E-state index contributed by atoms with van der Waals surface area (Å²) in [5.74, 6) is 0.246. The third kappa shape index (κ3) is 3.59. The molecule has 1 aromatic heterocycles. The number of likely N-dealkylation sites (tertiary alicyclic amines) is 1. The number of benzene rings is 1. The standard InChI is InChI=1S/C16H21FN6O/c1-11-19-20-21-23(11)15(10-12-2-4-13(17)5-3-12)16(24)22-8-6-14(18)7-9-22/h2-5,14-15H,6-10,18H2,1H3. The molecule has 1 atom stereocenters. The van der Waals surface area contributed by atoms with E-state index < -0.39 is 6.04 Å². The van der Waals surface area contributed by atoms with Crippen molar-refractivity contribution >= 4 is 5.91 Å². The fourth-order valence-corrected chi connectivity index (χ4v) is 2.98. The van der Waals surface area contributed by atoms with Crippen molar-refractivity contribution in [1.82, 2.24) is 25.1 Å². The van der Waals surface area contributed by atoms with Gasteiger partial charge in [-0.25, -0.2) is 9.07 Å². The predicted octanol–water partition coefficient (Wildman–Crippen LogP) is 0.854. The number of piperidine rings is 1. The second kappa shape index (κ2) is 7.04. The van der Waals surface area contributed by atoms with Crippen LogP contribution in [0.1, 0.15) is 30.3 Å². The molecule has 1 unspecified atom stereocenters. The number of carbonyl (C=O) groups excluding carboxylic acids is 1. The quantitative estimate of drug-likeness (QED) is 0.896. The van der Waals surface area contributed by atoms with Crippen LogP contribution < -0.4 is 5.73 Å². The van der Waals surface area contributed by atoms with E-state index in [1.165, 1.54) is 12.1 Å². The van der Waals surface area contributed by atoms with Crippen molar-refractivity contribution in [2.24, 2.45) is 5.73 Å². The molecule has 2 heterocycles. The smallest absolute Gasteiger partial charge is 0.247 e. The number of hydrogen-bond donors (Lipinski definition) is 1. The van der Waals surface area contributed by atoms with E-state index in [4.69, 9.17) is 5.73 Å². The minimum absolute atomic E-state index is 0.0263. The van der Waals surface area contributed by atoms with Crippen LogP contribution in [0.15, 0.2) is 24.3 Å². The largest absolute Gasteiger partial charge is 0.341 e. The van der Waals surface area contributed by atoms with Crippen LogP contribution in [0.25, 0.3) is 0 Å². The highest BCUT2D eigenvalue weighted by Gasteiger charge is 2.30. The zero-order chi connectivity index (χ0) is 17.1. The first-order chi connectivity index (χ1) is 11.5. The Labute approximate surface area is 139 Å². The molecule has 1 saturated heterocycles. The number of rotatable bonds is 4. The number of nitrogens with zero attached hydrogens (tertiary/aromatic N) is 5. The maximum Gasteiger partial charge on any atom is 0.247 e. The number of amides is 1. The van der Waals surface area contributed by atoms with Crippen molar-refractivity contribution in [3.05, 3.63) is 41.5 Å². The van der Waals surface area contributed by atoms with Gasteiger partial charge in [-0.15, -0.1) is 5.10 Å². The molecule has 1 aliphatic heterocycles. The summed E-state index contributed by atoms with van der Waals surface area (Å²) in [6.45, 7) is 3.04. The second-order valence-corrected chi connectivity index (χ2v) is 6.18. The molecule has 24 heavy (non-hydrogen) atoms. The lowest BCUT2D eigenvalue weighted by Crippen LogP contribution is -2.46. The molecule has 2 N–H and O–H groups in total. The van der Waals surface area contributed by atoms with Gasteiger partial charge in [0.2, 0.25) is 5.91 Å². The number of halogens is 1. The highest BCUT2D eigenvalue weighted by Crippen LogP contribution is 2.20. The van der Waals surface area contributed by atoms with Crippen LogP contribution in [0.5, 0.6) is 0 Å². The van der Waals surface area contributed by atoms with Gasteiger partial charge >= 0.3 is 0 Å². The first-order valence-corrected chi connectivity index (χ1v) is 8.08. The zero-order valence-electron chi connectivity index (χ0n) is 13.6. The van der Waals surface area contributed by atoms with Crippen LogP contribution in [0.4, 0.5) is 4.39 Å². The average Bonchev–Trinajstić information content (AvgIpc) is 3.00. The van der Waals surface area contributed by atoms with E-state index in [1.807, 2.05) is 4.90 Å². The minimum atomic E-state index is -0.542. The van der Waals surface area contributed by atoms with Crippen LogP contribution in [-0.2, 0) is 11.2 Å². The van der Waals surface area contributed by atoms with Gasteiger partial charge < -0.3 is 10.6 Å². The number of hydrogen-bond acceptors (Lipinski definition) is 5. The van der Waals surface area contributed by atoms with E-state index in [1.54, 1.807) is 23.7 Å². The molecular formula is C16H21FN6O. The van der Waals surface area contributed by atoms with Gasteiger partial charge in [0.1, 0.15) is 17.7 Å². The van der Waals surface area contributed by atoms with Crippen LogP contribution >= 0.6 is 0 Å². The summed E-state index contributed by atoms with van der Waals surface area (Å²) < 4.78 is 14.7. The summed E-state index contributed by atoms with van der Waals surface area (Å²) in [7, 11) is 0. The van der Waals surface area contributed by atoms with Crippen molar-refractivity contribution in [1.29, 1.82) is 0 Å². The van der Waals surface area contributed by atoms with Gasteiger partial charge in [0.25, 0.3) is 0 Å².